The number of hydrogen-bond acceptors (Lipinski definition) is 5. The molecule has 2 aromatic heterocycles. The normalized spacial score (nSPS) is 12.5. The molecule has 21 heavy (non-hydrogen) atoms. The van der Waals surface area contributed by atoms with Crippen LogP contribution in [0.1, 0.15) is 23.2 Å². The van der Waals surface area contributed by atoms with E-state index in [-0.39, 0.29) is 6.04 Å². The van der Waals surface area contributed by atoms with Crippen molar-refractivity contribution >= 4 is 15.9 Å². The van der Waals surface area contributed by atoms with Crippen molar-refractivity contribution < 1.29 is 4.52 Å². The van der Waals surface area contributed by atoms with Gasteiger partial charge in [0.25, 0.3) is 0 Å². The Labute approximate surface area is 129 Å². The van der Waals surface area contributed by atoms with Crippen molar-refractivity contribution in [3.8, 4) is 11.4 Å². The first kappa shape index (κ1) is 14.0. The van der Waals surface area contributed by atoms with Gasteiger partial charge in [-0.15, -0.1) is 0 Å². The molecule has 108 valence electrons. The lowest BCUT2D eigenvalue weighted by atomic mass is 10.1. The van der Waals surface area contributed by atoms with Crippen LogP contribution < -0.4 is 5.73 Å². The van der Waals surface area contributed by atoms with E-state index in [0.717, 1.165) is 21.3 Å². The molecule has 6 nitrogen and oxygen atoms in total. The highest BCUT2D eigenvalue weighted by Crippen LogP contribution is 2.27. The molecule has 0 aliphatic rings. The van der Waals surface area contributed by atoms with Crippen LogP contribution in [0.15, 0.2) is 39.7 Å². The smallest absolute Gasteiger partial charge is 0.244 e. The maximum Gasteiger partial charge on any atom is 0.244 e. The van der Waals surface area contributed by atoms with Gasteiger partial charge in [-0.2, -0.15) is 4.98 Å². The molecular formula is C14H14BrN5O. The summed E-state index contributed by atoms with van der Waals surface area (Å²) in [6.07, 6.45) is 3.91. The summed E-state index contributed by atoms with van der Waals surface area (Å²) in [5, 5.41) is 4.01. The van der Waals surface area contributed by atoms with E-state index in [1.807, 2.05) is 25.1 Å². The quantitative estimate of drug-likeness (QED) is 0.756. The van der Waals surface area contributed by atoms with Gasteiger partial charge < -0.3 is 15.2 Å². The second-order valence-electron chi connectivity index (χ2n) is 4.83. The number of H-pyrrole nitrogens is 1. The summed E-state index contributed by atoms with van der Waals surface area (Å²) in [4.78, 5) is 11.3. The zero-order chi connectivity index (χ0) is 14.8. The molecular weight excluding hydrogens is 334 g/mol. The van der Waals surface area contributed by atoms with Crippen LogP contribution >= 0.6 is 15.9 Å². The second kappa shape index (κ2) is 5.79. The second-order valence-corrected chi connectivity index (χ2v) is 5.68. The number of aryl methyl sites for hydroxylation is 1. The molecule has 0 unspecified atom stereocenters. The number of nitrogens with two attached hydrogens (primary N) is 1. The number of nitrogens with zero attached hydrogens (tertiary/aromatic N) is 3. The Bertz CT molecular complexity index is 738. The van der Waals surface area contributed by atoms with Crippen LogP contribution in [0.2, 0.25) is 0 Å². The summed E-state index contributed by atoms with van der Waals surface area (Å²) < 4.78 is 6.20. The van der Waals surface area contributed by atoms with Gasteiger partial charge in [-0.1, -0.05) is 27.2 Å². The fraction of sp³-hybridized carbons (Fsp3) is 0.214. The predicted molar refractivity (Wildman–Crippen MR) is 81.4 cm³/mol. The molecule has 3 aromatic rings. The van der Waals surface area contributed by atoms with Crippen LogP contribution in [0.25, 0.3) is 11.4 Å². The zero-order valence-corrected chi connectivity index (χ0v) is 13.0. The summed E-state index contributed by atoms with van der Waals surface area (Å²) in [5.41, 5.74) is 9.05. The van der Waals surface area contributed by atoms with E-state index < -0.39 is 0 Å². The van der Waals surface area contributed by atoms with Gasteiger partial charge in [0.15, 0.2) is 0 Å². The number of rotatable bonds is 4. The maximum absolute atomic E-state index is 6.08. The molecule has 0 fully saturated rings. The molecule has 0 saturated carbocycles. The van der Waals surface area contributed by atoms with Crippen LogP contribution in [-0.2, 0) is 6.42 Å². The lowest BCUT2D eigenvalue weighted by molar-refractivity contribution is 0.354. The number of benzene rings is 1. The van der Waals surface area contributed by atoms with Gasteiger partial charge in [0.05, 0.1) is 12.4 Å². The average Bonchev–Trinajstić information content (AvgIpc) is 3.09. The molecule has 3 N–H and O–H groups in total. The number of hydrogen-bond donors (Lipinski definition) is 2. The molecule has 2 heterocycles. The van der Waals surface area contributed by atoms with E-state index in [9.17, 15) is 0 Å². The van der Waals surface area contributed by atoms with Gasteiger partial charge in [-0.05, 0) is 24.6 Å². The first-order chi connectivity index (χ1) is 10.1. The average molecular weight is 348 g/mol. The number of halogens is 1. The Balaban J connectivity index is 1.82. The SMILES string of the molecule is Cc1ccc(-c2noc([C@@H](N)Cc3cnc[nH]3)n2)c(Br)c1. The molecule has 1 aromatic carbocycles. The highest BCUT2D eigenvalue weighted by molar-refractivity contribution is 9.10. The number of aromatic amines is 1. The van der Waals surface area contributed by atoms with E-state index in [0.29, 0.717) is 18.1 Å². The van der Waals surface area contributed by atoms with Gasteiger partial charge in [0.1, 0.15) is 0 Å². The number of imidazole rings is 1. The fourth-order valence-electron chi connectivity index (χ4n) is 2.02. The van der Waals surface area contributed by atoms with E-state index in [2.05, 4.69) is 36.0 Å². The molecule has 0 aliphatic heterocycles. The summed E-state index contributed by atoms with van der Waals surface area (Å²) >= 11 is 3.51. The Hall–Kier alpha value is -1.99. The van der Waals surface area contributed by atoms with Crippen LogP contribution in [0.5, 0.6) is 0 Å². The minimum Gasteiger partial charge on any atom is -0.348 e. The molecule has 0 amide bonds. The highest BCUT2D eigenvalue weighted by atomic mass is 79.9. The van der Waals surface area contributed by atoms with Crippen molar-refractivity contribution in [3.05, 3.63) is 52.3 Å². The summed E-state index contributed by atoms with van der Waals surface area (Å²) in [6.45, 7) is 2.02. The van der Waals surface area contributed by atoms with E-state index >= 15 is 0 Å². The molecule has 0 radical (unpaired) electrons. The molecule has 7 heteroatoms. The lowest BCUT2D eigenvalue weighted by Gasteiger charge is -2.03. The van der Waals surface area contributed by atoms with Crippen molar-refractivity contribution in [1.82, 2.24) is 20.1 Å². The predicted octanol–water partition coefficient (Wildman–Crippen LogP) is 2.77. The van der Waals surface area contributed by atoms with Gasteiger partial charge >= 0.3 is 0 Å². The third-order valence-electron chi connectivity index (χ3n) is 3.12. The Kier molecular flexibility index (Phi) is 3.85. The molecule has 0 aliphatic carbocycles. The van der Waals surface area contributed by atoms with Crippen molar-refractivity contribution in [3.63, 3.8) is 0 Å². The van der Waals surface area contributed by atoms with Crippen LogP contribution in [0.4, 0.5) is 0 Å². The number of nitrogens with one attached hydrogen (secondary N) is 1. The third-order valence-corrected chi connectivity index (χ3v) is 3.78. The minimum absolute atomic E-state index is 0.365. The first-order valence-corrected chi connectivity index (χ1v) is 7.26. The standard InChI is InChI=1S/C14H14BrN5O/c1-8-2-3-10(11(15)4-8)13-19-14(21-20-13)12(16)5-9-6-17-7-18-9/h2-4,6-7,12H,5,16H2,1H3,(H,17,18)/t12-/m0/s1. The summed E-state index contributed by atoms with van der Waals surface area (Å²) in [7, 11) is 0. The Morgan fingerprint density at radius 1 is 1.43 bits per heavy atom. The van der Waals surface area contributed by atoms with E-state index in [1.165, 1.54) is 0 Å². The van der Waals surface area contributed by atoms with Gasteiger partial charge in [0.2, 0.25) is 11.7 Å². The van der Waals surface area contributed by atoms with E-state index in [4.69, 9.17) is 10.3 Å². The molecule has 0 spiro atoms. The molecule has 0 saturated heterocycles. The van der Waals surface area contributed by atoms with Crippen molar-refractivity contribution in [2.45, 2.75) is 19.4 Å². The largest absolute Gasteiger partial charge is 0.348 e. The fourth-order valence-corrected chi connectivity index (χ4v) is 2.69. The lowest BCUT2D eigenvalue weighted by Crippen LogP contribution is -2.14. The maximum atomic E-state index is 6.08. The van der Waals surface area contributed by atoms with E-state index in [1.54, 1.807) is 12.5 Å². The Morgan fingerprint density at radius 3 is 3.00 bits per heavy atom. The van der Waals surface area contributed by atoms with Crippen molar-refractivity contribution in [1.29, 1.82) is 0 Å². The zero-order valence-electron chi connectivity index (χ0n) is 11.4. The molecule has 1 atom stereocenters. The van der Waals surface area contributed by atoms with Crippen LogP contribution in [0.3, 0.4) is 0 Å². The van der Waals surface area contributed by atoms with Crippen LogP contribution in [-0.4, -0.2) is 20.1 Å². The number of aromatic nitrogens is 4. The third kappa shape index (κ3) is 3.03. The Morgan fingerprint density at radius 2 is 2.29 bits per heavy atom. The van der Waals surface area contributed by atoms with Gasteiger partial charge in [-0.3, -0.25) is 0 Å². The molecule has 0 bridgehead atoms. The summed E-state index contributed by atoms with van der Waals surface area (Å²) in [5.74, 6) is 0.934. The van der Waals surface area contributed by atoms with Gasteiger partial charge in [0, 0.05) is 28.3 Å². The van der Waals surface area contributed by atoms with Crippen molar-refractivity contribution in [2.24, 2.45) is 5.73 Å². The minimum atomic E-state index is -0.365. The highest BCUT2D eigenvalue weighted by Gasteiger charge is 2.18. The van der Waals surface area contributed by atoms with Crippen molar-refractivity contribution in [2.75, 3.05) is 0 Å². The monoisotopic (exact) mass is 347 g/mol. The topological polar surface area (TPSA) is 93.6 Å². The van der Waals surface area contributed by atoms with Crippen LogP contribution in [0, 0.1) is 6.92 Å². The first-order valence-electron chi connectivity index (χ1n) is 6.46. The van der Waals surface area contributed by atoms with Gasteiger partial charge in [-0.25, -0.2) is 4.98 Å². The summed E-state index contributed by atoms with van der Waals surface area (Å²) in [6, 6.07) is 5.60. The molecule has 3 rings (SSSR count).